The molecule has 0 bridgehead atoms. The Morgan fingerprint density at radius 3 is 1.79 bits per heavy atom. The number of aliphatic carboxylic acids is 1. The lowest BCUT2D eigenvalue weighted by Crippen LogP contribution is -2.52. The molecule has 8 nitrogen and oxygen atoms in total. The largest absolute Gasteiger partial charge is 0.480 e. The zero-order valence-corrected chi connectivity index (χ0v) is 24.2. The number of hydrogen-bond acceptors (Lipinski definition) is 4. The van der Waals surface area contributed by atoms with Gasteiger partial charge < -0.3 is 20.7 Å². The summed E-state index contributed by atoms with van der Waals surface area (Å²) in [7, 11) is 0. The number of carboxylic acids is 1. The van der Waals surface area contributed by atoms with Crippen molar-refractivity contribution in [3.05, 3.63) is 18.2 Å². The molecule has 0 radical (unpaired) electrons. The fourth-order valence-electron chi connectivity index (χ4n) is 4.71. The lowest BCUT2D eigenvalue weighted by molar-refractivity contribution is -0.142. The summed E-state index contributed by atoms with van der Waals surface area (Å²) in [5.41, 5.74) is 0.621. The number of H-pyrrole nitrogens is 1. The topological polar surface area (TPSA) is 124 Å². The molecule has 0 fully saturated rings. The van der Waals surface area contributed by atoms with Crippen LogP contribution in [0, 0.1) is 5.92 Å². The molecule has 0 saturated carbocycles. The standard InChI is InChI=1S/C30H54N4O4/c1-4-5-6-7-8-9-10-11-12-13-14-15-16-17-18-19-28(35)33-26(20-24(2)3)29(36)34-27(30(37)38)21-25-22-31-23-32-25/h22-24,26-27H,4-21H2,1-3H3,(H,31,32)(H,33,35)(H,34,36)(H,37,38). The molecule has 2 amide bonds. The van der Waals surface area contributed by atoms with Crippen LogP contribution in [0.3, 0.4) is 0 Å². The van der Waals surface area contributed by atoms with Crippen molar-refractivity contribution < 1.29 is 19.5 Å². The molecule has 0 saturated heterocycles. The minimum absolute atomic E-state index is 0.0997. The molecule has 2 atom stereocenters. The molecule has 1 heterocycles. The van der Waals surface area contributed by atoms with E-state index in [1.165, 1.54) is 89.6 Å². The highest BCUT2D eigenvalue weighted by Gasteiger charge is 2.27. The van der Waals surface area contributed by atoms with E-state index in [9.17, 15) is 19.5 Å². The van der Waals surface area contributed by atoms with E-state index in [2.05, 4.69) is 27.5 Å². The molecule has 8 heteroatoms. The normalized spacial score (nSPS) is 12.8. The number of hydrogen-bond donors (Lipinski definition) is 4. The Bertz CT molecular complexity index is 751. The second kappa shape index (κ2) is 21.5. The molecule has 0 aromatic carbocycles. The summed E-state index contributed by atoms with van der Waals surface area (Å²) >= 11 is 0. The third kappa shape index (κ3) is 17.2. The molecule has 4 N–H and O–H groups in total. The van der Waals surface area contributed by atoms with Gasteiger partial charge in [0.1, 0.15) is 12.1 Å². The molecule has 0 spiro atoms. The highest BCUT2D eigenvalue weighted by Crippen LogP contribution is 2.14. The monoisotopic (exact) mass is 534 g/mol. The van der Waals surface area contributed by atoms with Crippen LogP contribution in [-0.4, -0.2) is 44.9 Å². The lowest BCUT2D eigenvalue weighted by Gasteiger charge is -2.22. The maximum Gasteiger partial charge on any atom is 0.326 e. The van der Waals surface area contributed by atoms with Crippen LogP contribution >= 0.6 is 0 Å². The average molecular weight is 535 g/mol. The van der Waals surface area contributed by atoms with Crippen LogP contribution in [0.15, 0.2) is 12.5 Å². The van der Waals surface area contributed by atoms with E-state index in [1.54, 1.807) is 0 Å². The molecule has 1 aromatic heterocycles. The third-order valence-electron chi connectivity index (χ3n) is 6.96. The highest BCUT2D eigenvalue weighted by atomic mass is 16.4. The van der Waals surface area contributed by atoms with Crippen LogP contribution in [0.25, 0.3) is 0 Å². The summed E-state index contributed by atoms with van der Waals surface area (Å²) in [4.78, 5) is 43.8. The third-order valence-corrected chi connectivity index (χ3v) is 6.96. The van der Waals surface area contributed by atoms with E-state index in [4.69, 9.17) is 0 Å². The molecule has 1 rings (SSSR count). The second-order valence-corrected chi connectivity index (χ2v) is 11.1. The van der Waals surface area contributed by atoms with Crippen molar-refractivity contribution in [1.82, 2.24) is 20.6 Å². The first-order valence-corrected chi connectivity index (χ1v) is 15.1. The predicted molar refractivity (Wildman–Crippen MR) is 153 cm³/mol. The van der Waals surface area contributed by atoms with Gasteiger partial charge in [-0.3, -0.25) is 9.59 Å². The maximum atomic E-state index is 12.9. The quantitative estimate of drug-likeness (QED) is 0.116. The Balaban J connectivity index is 2.20. The highest BCUT2D eigenvalue weighted by molar-refractivity contribution is 5.90. The van der Waals surface area contributed by atoms with Crippen LogP contribution in [0.2, 0.25) is 0 Å². The molecule has 1 aromatic rings. The lowest BCUT2D eigenvalue weighted by atomic mass is 10.0. The summed E-state index contributed by atoms with van der Waals surface area (Å²) in [5, 5.41) is 15.0. The molecule has 0 aliphatic heterocycles. The van der Waals surface area contributed by atoms with Crippen molar-refractivity contribution in [3.8, 4) is 0 Å². The van der Waals surface area contributed by atoms with Crippen molar-refractivity contribution in [2.24, 2.45) is 5.92 Å². The molecule has 0 aliphatic rings. The van der Waals surface area contributed by atoms with Gasteiger partial charge in [0.05, 0.1) is 6.33 Å². The number of aromatic nitrogens is 2. The number of aromatic amines is 1. The van der Waals surface area contributed by atoms with Crippen LogP contribution in [0.5, 0.6) is 0 Å². The molecule has 2 unspecified atom stereocenters. The molecular weight excluding hydrogens is 480 g/mol. The van der Waals surface area contributed by atoms with E-state index >= 15 is 0 Å². The maximum absolute atomic E-state index is 12.9. The number of amides is 2. The number of carboxylic acid groups (broad SMARTS) is 1. The number of nitrogens with one attached hydrogen (secondary N) is 3. The number of carbonyl (C=O) groups excluding carboxylic acids is 2. The van der Waals surface area contributed by atoms with Crippen LogP contribution in [0.1, 0.15) is 136 Å². The molecule has 0 aliphatic carbocycles. The van der Waals surface area contributed by atoms with Crippen molar-refractivity contribution in [2.45, 2.75) is 148 Å². The van der Waals surface area contributed by atoms with E-state index in [0.29, 0.717) is 18.5 Å². The van der Waals surface area contributed by atoms with Gasteiger partial charge in [0.2, 0.25) is 11.8 Å². The first-order valence-electron chi connectivity index (χ1n) is 15.1. The first-order chi connectivity index (χ1) is 18.3. The number of imidazole rings is 1. The Kier molecular flexibility index (Phi) is 19.1. The molecule has 38 heavy (non-hydrogen) atoms. The minimum atomic E-state index is -1.12. The first kappa shape index (κ1) is 33.6. The number of carbonyl (C=O) groups is 3. The molecular formula is C30H54N4O4. The van der Waals surface area contributed by atoms with Crippen LogP contribution < -0.4 is 10.6 Å². The van der Waals surface area contributed by atoms with Gasteiger partial charge in [-0.2, -0.15) is 0 Å². The van der Waals surface area contributed by atoms with Crippen LogP contribution in [-0.2, 0) is 20.8 Å². The van der Waals surface area contributed by atoms with Gasteiger partial charge in [0.25, 0.3) is 0 Å². The summed E-state index contributed by atoms with van der Waals surface area (Å²) < 4.78 is 0. The SMILES string of the molecule is CCCCCCCCCCCCCCCCCC(=O)NC(CC(C)C)C(=O)NC(Cc1cnc[nH]1)C(=O)O. The smallest absolute Gasteiger partial charge is 0.326 e. The van der Waals surface area contributed by atoms with Crippen LogP contribution in [0.4, 0.5) is 0 Å². The van der Waals surface area contributed by atoms with E-state index in [1.807, 2.05) is 13.8 Å². The van der Waals surface area contributed by atoms with Gasteiger partial charge in [-0.15, -0.1) is 0 Å². The predicted octanol–water partition coefficient (Wildman–Crippen LogP) is 6.31. The van der Waals surface area contributed by atoms with E-state index in [0.717, 1.165) is 19.3 Å². The van der Waals surface area contributed by atoms with Gasteiger partial charge in [-0.05, 0) is 18.8 Å². The number of nitrogens with zero attached hydrogens (tertiary/aromatic N) is 1. The van der Waals surface area contributed by atoms with Crippen molar-refractivity contribution in [1.29, 1.82) is 0 Å². The van der Waals surface area contributed by atoms with E-state index < -0.39 is 24.0 Å². The number of unbranched alkanes of at least 4 members (excludes halogenated alkanes) is 14. The molecule has 218 valence electrons. The minimum Gasteiger partial charge on any atom is -0.480 e. The summed E-state index contributed by atoms with van der Waals surface area (Å²) in [6, 6.07) is -1.84. The summed E-state index contributed by atoms with van der Waals surface area (Å²) in [5.74, 6) is -1.57. The van der Waals surface area contributed by atoms with Crippen molar-refractivity contribution in [2.75, 3.05) is 0 Å². The average Bonchev–Trinajstić information content (AvgIpc) is 3.38. The Morgan fingerprint density at radius 2 is 1.34 bits per heavy atom. The van der Waals surface area contributed by atoms with Gasteiger partial charge in [0, 0.05) is 24.7 Å². The fraction of sp³-hybridized carbons (Fsp3) is 0.800. The van der Waals surface area contributed by atoms with Gasteiger partial charge in [-0.1, -0.05) is 111 Å². The zero-order valence-electron chi connectivity index (χ0n) is 24.2. The van der Waals surface area contributed by atoms with Gasteiger partial charge in [0.15, 0.2) is 0 Å². The summed E-state index contributed by atoms with van der Waals surface area (Å²) in [6.45, 7) is 6.21. The Labute approximate surface area is 230 Å². The second-order valence-electron chi connectivity index (χ2n) is 11.1. The van der Waals surface area contributed by atoms with Gasteiger partial charge in [-0.25, -0.2) is 9.78 Å². The number of rotatable bonds is 24. The fourth-order valence-corrected chi connectivity index (χ4v) is 4.71. The summed E-state index contributed by atoms with van der Waals surface area (Å²) in [6.07, 6.45) is 23.0. The van der Waals surface area contributed by atoms with Crippen molar-refractivity contribution >= 4 is 17.8 Å². The van der Waals surface area contributed by atoms with Gasteiger partial charge >= 0.3 is 5.97 Å². The van der Waals surface area contributed by atoms with Crippen molar-refractivity contribution in [3.63, 3.8) is 0 Å². The zero-order chi connectivity index (χ0) is 28.0. The Hall–Kier alpha value is -2.38. The van der Waals surface area contributed by atoms with E-state index in [-0.39, 0.29) is 18.2 Å². The Morgan fingerprint density at radius 1 is 0.816 bits per heavy atom.